The van der Waals surface area contributed by atoms with Crippen molar-refractivity contribution in [2.45, 2.75) is 194 Å². The van der Waals surface area contributed by atoms with Crippen molar-refractivity contribution in [1.82, 2.24) is 30.0 Å². The molecule has 0 atom stereocenters. The number of benzene rings is 8. The Kier molecular flexibility index (Phi) is 21.5. The van der Waals surface area contributed by atoms with Crippen molar-refractivity contribution in [3.05, 3.63) is 298 Å². The van der Waals surface area contributed by atoms with Gasteiger partial charge in [-0.3, -0.25) is 0 Å². The molecule has 11 aromatic rings. The van der Waals surface area contributed by atoms with E-state index in [1.807, 2.05) is 16.4 Å². The fourth-order valence-electron chi connectivity index (χ4n) is 14.0. The highest BCUT2D eigenvalue weighted by Crippen LogP contribution is 2.49. The van der Waals surface area contributed by atoms with Gasteiger partial charge in [-0.2, -0.15) is 0 Å². The van der Waals surface area contributed by atoms with Crippen molar-refractivity contribution in [3.8, 4) is 34.0 Å². The van der Waals surface area contributed by atoms with Crippen LogP contribution >= 0.6 is 45.2 Å². The predicted octanol–water partition coefficient (Wildman–Crippen LogP) is 21.7. The zero-order chi connectivity index (χ0) is 72.7. The summed E-state index contributed by atoms with van der Waals surface area (Å²) in [6.07, 6.45) is 5.66. The van der Waals surface area contributed by atoms with Crippen LogP contribution in [0, 0.1) is 7.40 Å². The van der Waals surface area contributed by atoms with Gasteiger partial charge >= 0.3 is 0 Å². The highest BCUT2D eigenvalue weighted by Gasteiger charge is 2.41. The maximum Gasteiger partial charge on any atom is 0.178 e. The molecule has 0 bridgehead atoms. The van der Waals surface area contributed by atoms with Gasteiger partial charge in [0.25, 0.3) is 0 Å². The second kappa shape index (κ2) is 29.2. The first-order valence-electron chi connectivity index (χ1n) is 35.9. The minimum atomic E-state index is -0.607. The molecule has 9 nitrogen and oxygen atoms in total. The van der Waals surface area contributed by atoms with Gasteiger partial charge in [-0.1, -0.05) is 305 Å². The molecule has 0 fully saturated rings. The largest absolute Gasteiger partial charge is 0.494 e. The van der Waals surface area contributed by atoms with Crippen LogP contribution in [0.1, 0.15) is 215 Å². The van der Waals surface area contributed by atoms with Crippen molar-refractivity contribution >= 4 is 45.2 Å². The minimum absolute atomic E-state index is 0.0191. The van der Waals surface area contributed by atoms with E-state index in [1.54, 1.807) is 0 Å². The third-order valence-electron chi connectivity index (χ3n) is 20.1. The lowest BCUT2D eigenvalue weighted by molar-refractivity contribution is -0.670. The monoisotopic (exact) mass is 1570 g/mol. The molecule has 0 aliphatic rings. The van der Waals surface area contributed by atoms with Crippen LogP contribution in [0.3, 0.4) is 0 Å². The molecule has 0 saturated heterocycles. The number of rotatable bonds is 20. The van der Waals surface area contributed by atoms with E-state index in [2.05, 4.69) is 397 Å². The van der Waals surface area contributed by atoms with Crippen LogP contribution in [0.15, 0.2) is 213 Å². The van der Waals surface area contributed by atoms with Crippen LogP contribution in [-0.2, 0) is 63.5 Å². The molecule has 3 aromatic heterocycles. The first kappa shape index (κ1) is 74.4. The number of hydrogen-bond acceptors (Lipinski definition) is 6. The molecule has 0 N–H and O–H groups in total. The van der Waals surface area contributed by atoms with Gasteiger partial charge in [0, 0.05) is 25.9 Å². The third kappa shape index (κ3) is 16.1. The Labute approximate surface area is 630 Å². The van der Waals surface area contributed by atoms with Crippen LogP contribution in [0.4, 0.5) is 0 Å². The van der Waals surface area contributed by atoms with Crippen LogP contribution in [0.2, 0.25) is 0 Å². The van der Waals surface area contributed by atoms with E-state index in [9.17, 15) is 0 Å². The highest BCUT2D eigenvalue weighted by atomic mass is 127. The Hall–Kier alpha value is -7.75. The standard InChI is InChI=1S/C90H104I2N7O2/c1-83(2,3)63-22-34-69(35-23-63)89(70-36-24-64(25-37-70)84(4,5)6,71-38-26-65(27-39-71)85(7,8)9)75-46-50-77(51-47-75)100-56-20-54-98-81(91)79(93-95-98)61-58-62(60-97(19)59-61)80-82(92)99(96-94-80)55-21-57-101-78-52-48-76(49-53-78)90(72-40-28-66(29-41-72)86(10,11)12,73-42-30-67(31-43-73)87(13,14)15)74-44-32-68(33-45-74)88(16,17)18/h22-53,58-60H,20-21,54-57H2,1-19H3/q+1. The summed E-state index contributed by atoms with van der Waals surface area (Å²) in [4.78, 5) is 0. The number of aryl methyl sites for hydroxylation is 3. The molecular weight excluding hydrogens is 1460 g/mol. The number of aromatic nitrogens is 7. The summed E-state index contributed by atoms with van der Waals surface area (Å²) >= 11 is 4.76. The lowest BCUT2D eigenvalue weighted by atomic mass is 9.64. The Morgan fingerprint density at radius 2 is 0.505 bits per heavy atom. The van der Waals surface area contributed by atoms with Crippen molar-refractivity contribution in [2.24, 2.45) is 7.05 Å². The molecular formula is C90H104I2N7O2+. The molecule has 0 radical (unpaired) electrons. The van der Waals surface area contributed by atoms with E-state index >= 15 is 0 Å². The summed E-state index contributed by atoms with van der Waals surface area (Å²) < 4.78 is 21.0. The molecule has 3 heterocycles. The quantitative estimate of drug-likeness (QED) is 0.0327. The smallest absolute Gasteiger partial charge is 0.178 e. The maximum atomic E-state index is 6.54. The molecule has 101 heavy (non-hydrogen) atoms. The molecule has 524 valence electrons. The van der Waals surface area contributed by atoms with E-state index in [0.29, 0.717) is 26.3 Å². The summed E-state index contributed by atoms with van der Waals surface area (Å²) in [6.45, 7) is 43.4. The summed E-state index contributed by atoms with van der Waals surface area (Å²) in [5, 5.41) is 18.8. The summed E-state index contributed by atoms with van der Waals surface area (Å²) in [7, 11) is 2.03. The van der Waals surface area contributed by atoms with E-state index < -0.39 is 10.8 Å². The Morgan fingerprint density at radius 3 is 0.713 bits per heavy atom. The van der Waals surface area contributed by atoms with Gasteiger partial charge in [-0.05, 0) is 186 Å². The van der Waals surface area contributed by atoms with Crippen LogP contribution in [0.5, 0.6) is 11.5 Å². The molecule has 11 heteroatoms. The van der Waals surface area contributed by atoms with E-state index in [4.69, 9.17) is 19.7 Å². The van der Waals surface area contributed by atoms with E-state index in [0.717, 1.165) is 54.3 Å². The average Bonchev–Trinajstić information content (AvgIpc) is 1.19. The molecule has 0 amide bonds. The fraction of sp³-hybridized carbons (Fsp3) is 0.367. The van der Waals surface area contributed by atoms with Crippen LogP contribution in [-0.4, -0.2) is 43.2 Å². The maximum absolute atomic E-state index is 6.54. The number of pyridine rings is 1. The third-order valence-corrected chi connectivity index (χ3v) is 22.3. The number of ether oxygens (including phenoxy) is 2. The first-order chi connectivity index (χ1) is 47.6. The molecule has 0 unspecified atom stereocenters. The summed E-state index contributed by atoms with van der Waals surface area (Å²) in [6, 6.07) is 75.7. The van der Waals surface area contributed by atoms with Crippen molar-refractivity contribution in [3.63, 3.8) is 0 Å². The van der Waals surface area contributed by atoms with Gasteiger partial charge in [0.2, 0.25) is 0 Å². The fourth-order valence-corrected chi connectivity index (χ4v) is 15.5. The normalized spacial score (nSPS) is 12.8. The van der Waals surface area contributed by atoms with Crippen LogP contribution in [0.25, 0.3) is 22.5 Å². The van der Waals surface area contributed by atoms with Crippen molar-refractivity contribution in [1.29, 1.82) is 0 Å². The number of halogens is 2. The Morgan fingerprint density at radius 1 is 0.307 bits per heavy atom. The minimum Gasteiger partial charge on any atom is -0.494 e. The zero-order valence-corrected chi connectivity index (χ0v) is 67.5. The van der Waals surface area contributed by atoms with Crippen molar-refractivity contribution in [2.75, 3.05) is 13.2 Å². The average molecular weight is 1570 g/mol. The number of nitrogens with zero attached hydrogens (tertiary/aromatic N) is 7. The first-order valence-corrected chi connectivity index (χ1v) is 38.0. The summed E-state index contributed by atoms with van der Waals surface area (Å²) in [5.41, 5.74) is 19.9. The predicted molar refractivity (Wildman–Crippen MR) is 433 cm³/mol. The van der Waals surface area contributed by atoms with Gasteiger partial charge in [0.1, 0.15) is 37.3 Å². The lowest BCUT2D eigenvalue weighted by Gasteiger charge is -2.38. The Balaban J connectivity index is 0.764. The van der Waals surface area contributed by atoms with Crippen molar-refractivity contribution < 1.29 is 14.0 Å². The topological polar surface area (TPSA) is 83.8 Å². The second-order valence-electron chi connectivity index (χ2n) is 33.8. The highest BCUT2D eigenvalue weighted by molar-refractivity contribution is 14.1. The van der Waals surface area contributed by atoms with Crippen LogP contribution < -0.4 is 14.0 Å². The summed E-state index contributed by atoms with van der Waals surface area (Å²) in [5.74, 6) is 1.65. The SMILES string of the molecule is C[n+]1cc(-c2nnn(CCCOc3ccc(C(c4ccc(C(C)(C)C)cc4)(c4ccc(C(C)(C)C)cc4)c4ccc(C(C)(C)C)cc4)cc3)c2I)cc(-c2nnn(CCCOc3ccc(C(c4ccc(C(C)(C)C)cc4)(c4ccc(C(C)(C)C)cc4)c4ccc(C(C)(C)C)cc4)cc3)c2I)c1. The zero-order valence-electron chi connectivity index (χ0n) is 63.2. The molecule has 8 aromatic carbocycles. The molecule has 0 saturated carbocycles. The molecule has 0 aliphatic carbocycles. The lowest BCUT2D eigenvalue weighted by Crippen LogP contribution is -2.31. The number of hydrogen-bond donors (Lipinski definition) is 0. The van der Waals surface area contributed by atoms with Gasteiger partial charge in [-0.25, -0.2) is 13.9 Å². The van der Waals surface area contributed by atoms with E-state index in [1.165, 1.54) is 77.9 Å². The van der Waals surface area contributed by atoms with Gasteiger partial charge in [0.15, 0.2) is 12.4 Å². The van der Waals surface area contributed by atoms with Gasteiger partial charge in [-0.15, -0.1) is 10.2 Å². The van der Waals surface area contributed by atoms with Gasteiger partial charge in [0.05, 0.1) is 35.2 Å². The second-order valence-corrected chi connectivity index (χ2v) is 35.8. The Bertz CT molecular complexity index is 4030. The molecule has 0 spiro atoms. The molecule has 11 rings (SSSR count). The van der Waals surface area contributed by atoms with Gasteiger partial charge < -0.3 is 9.47 Å². The molecule has 0 aliphatic heterocycles. The van der Waals surface area contributed by atoms with E-state index in [-0.39, 0.29) is 32.5 Å².